The van der Waals surface area contributed by atoms with Gasteiger partial charge >= 0.3 is 0 Å². The number of pyridine rings is 1. The molecule has 0 unspecified atom stereocenters. The molecule has 0 spiro atoms. The van der Waals surface area contributed by atoms with E-state index in [-0.39, 0.29) is 0 Å². The van der Waals surface area contributed by atoms with Gasteiger partial charge in [-0.05, 0) is 28.1 Å². The molecule has 0 radical (unpaired) electrons. The second-order valence-corrected chi connectivity index (χ2v) is 2.52. The fourth-order valence-corrected chi connectivity index (χ4v) is 0.720. The van der Waals surface area contributed by atoms with E-state index in [9.17, 15) is 4.39 Å². The zero-order valence-electron chi connectivity index (χ0n) is 4.64. The van der Waals surface area contributed by atoms with Gasteiger partial charge in [-0.15, -0.1) is 0 Å². The highest BCUT2D eigenvalue weighted by Crippen LogP contribution is 2.07. The van der Waals surface area contributed by atoms with Crippen molar-refractivity contribution < 1.29 is 4.39 Å². The van der Waals surface area contributed by atoms with E-state index in [0.29, 0.717) is 5.69 Å². The monoisotopic (exact) mass is 189 g/mol. The summed E-state index contributed by atoms with van der Waals surface area (Å²) in [6.07, 6.45) is 1.58. The van der Waals surface area contributed by atoms with Crippen molar-refractivity contribution in [3.8, 4) is 0 Å². The topological polar surface area (TPSA) is 12.9 Å². The lowest BCUT2D eigenvalue weighted by molar-refractivity contribution is 0.476. The van der Waals surface area contributed by atoms with E-state index in [1.54, 1.807) is 18.3 Å². The molecule has 0 bridgehead atoms. The van der Waals surface area contributed by atoms with Crippen molar-refractivity contribution in [3.05, 3.63) is 28.5 Å². The third-order valence-electron chi connectivity index (χ3n) is 0.926. The van der Waals surface area contributed by atoms with Crippen molar-refractivity contribution in [2.45, 2.75) is 6.67 Å². The predicted octanol–water partition coefficient (Wildman–Crippen LogP) is 2.31. The Bertz CT molecular complexity index is 185. The van der Waals surface area contributed by atoms with Gasteiger partial charge in [0.25, 0.3) is 0 Å². The minimum Gasteiger partial charge on any atom is -0.257 e. The van der Waals surface area contributed by atoms with Crippen LogP contribution in [0.4, 0.5) is 4.39 Å². The molecular formula is C6H5BrFN. The van der Waals surface area contributed by atoms with Crippen LogP contribution in [0.15, 0.2) is 22.8 Å². The summed E-state index contributed by atoms with van der Waals surface area (Å²) in [5.41, 5.74) is 0.471. The summed E-state index contributed by atoms with van der Waals surface area (Å²) in [5, 5.41) is 0. The predicted molar refractivity (Wildman–Crippen MR) is 36.7 cm³/mol. The molecule has 0 aliphatic heterocycles. The van der Waals surface area contributed by atoms with Gasteiger partial charge in [-0.25, -0.2) is 4.39 Å². The van der Waals surface area contributed by atoms with Crippen LogP contribution in [0, 0.1) is 0 Å². The number of nitrogens with zero attached hydrogens (tertiary/aromatic N) is 1. The molecule has 0 amide bonds. The van der Waals surface area contributed by atoms with E-state index < -0.39 is 6.67 Å². The largest absolute Gasteiger partial charge is 0.257 e. The van der Waals surface area contributed by atoms with Gasteiger partial charge in [0.05, 0.1) is 5.69 Å². The Morgan fingerprint density at radius 1 is 1.56 bits per heavy atom. The van der Waals surface area contributed by atoms with Crippen LogP contribution in [-0.2, 0) is 6.67 Å². The van der Waals surface area contributed by atoms with Gasteiger partial charge in [-0.3, -0.25) is 4.98 Å². The summed E-state index contributed by atoms with van der Waals surface area (Å²) in [5.74, 6) is 0. The molecule has 1 aromatic rings. The molecule has 0 aliphatic rings. The summed E-state index contributed by atoms with van der Waals surface area (Å²) in [4.78, 5) is 3.77. The van der Waals surface area contributed by atoms with Crippen LogP contribution in [0.25, 0.3) is 0 Å². The van der Waals surface area contributed by atoms with Crippen LogP contribution in [0.3, 0.4) is 0 Å². The molecule has 0 saturated carbocycles. The summed E-state index contributed by atoms with van der Waals surface area (Å²) >= 11 is 3.19. The molecule has 48 valence electrons. The minimum absolute atomic E-state index is 0.471. The van der Waals surface area contributed by atoms with E-state index in [1.807, 2.05) is 0 Å². The number of alkyl halides is 1. The van der Waals surface area contributed by atoms with Gasteiger partial charge in [0.2, 0.25) is 0 Å². The second kappa shape index (κ2) is 2.92. The van der Waals surface area contributed by atoms with Crippen molar-refractivity contribution in [1.82, 2.24) is 4.98 Å². The summed E-state index contributed by atoms with van der Waals surface area (Å²) in [6, 6.07) is 3.41. The third-order valence-corrected chi connectivity index (χ3v) is 1.39. The normalized spacial score (nSPS) is 9.56. The molecule has 3 heteroatoms. The standard InChI is InChI=1S/C6H5BrFN/c7-5-1-2-6(3-8)9-4-5/h1-2,4H,3H2. The first-order chi connectivity index (χ1) is 4.33. The average molecular weight is 190 g/mol. The fourth-order valence-electron chi connectivity index (χ4n) is 0.485. The molecule has 0 aliphatic carbocycles. The molecule has 1 rings (SSSR count). The number of rotatable bonds is 1. The highest BCUT2D eigenvalue weighted by Gasteiger charge is 1.89. The van der Waals surface area contributed by atoms with E-state index in [4.69, 9.17) is 0 Å². The first-order valence-corrected chi connectivity index (χ1v) is 3.28. The third kappa shape index (κ3) is 1.75. The SMILES string of the molecule is FCc1ccc(Br)cn1. The van der Waals surface area contributed by atoms with Crippen LogP contribution >= 0.6 is 15.9 Å². The highest BCUT2D eigenvalue weighted by atomic mass is 79.9. The van der Waals surface area contributed by atoms with Gasteiger partial charge in [0, 0.05) is 10.7 Å². The minimum atomic E-state index is -0.493. The van der Waals surface area contributed by atoms with Crippen LogP contribution in [0.5, 0.6) is 0 Å². The van der Waals surface area contributed by atoms with Crippen LogP contribution in [0.1, 0.15) is 5.69 Å². The summed E-state index contributed by atoms with van der Waals surface area (Å²) in [6.45, 7) is -0.493. The zero-order chi connectivity index (χ0) is 6.69. The first kappa shape index (κ1) is 6.68. The Morgan fingerprint density at radius 2 is 2.33 bits per heavy atom. The molecular weight excluding hydrogens is 185 g/mol. The highest BCUT2D eigenvalue weighted by molar-refractivity contribution is 9.10. The maximum absolute atomic E-state index is 11.8. The Hall–Kier alpha value is -0.440. The fraction of sp³-hybridized carbons (Fsp3) is 0.167. The van der Waals surface area contributed by atoms with Crippen molar-refractivity contribution in [2.75, 3.05) is 0 Å². The Morgan fingerprint density at radius 3 is 2.78 bits per heavy atom. The molecule has 0 atom stereocenters. The maximum Gasteiger partial charge on any atom is 0.131 e. The first-order valence-electron chi connectivity index (χ1n) is 2.49. The van der Waals surface area contributed by atoms with Crippen LogP contribution < -0.4 is 0 Å². The maximum atomic E-state index is 11.8. The molecule has 0 saturated heterocycles. The van der Waals surface area contributed by atoms with Crippen molar-refractivity contribution >= 4 is 15.9 Å². The molecule has 0 N–H and O–H groups in total. The second-order valence-electron chi connectivity index (χ2n) is 1.60. The van der Waals surface area contributed by atoms with Gasteiger partial charge in [-0.2, -0.15) is 0 Å². The smallest absolute Gasteiger partial charge is 0.131 e. The number of aromatic nitrogens is 1. The average Bonchev–Trinajstić information content (AvgIpc) is 1.90. The molecule has 9 heavy (non-hydrogen) atoms. The number of halogens is 2. The van der Waals surface area contributed by atoms with Crippen molar-refractivity contribution in [3.63, 3.8) is 0 Å². The lowest BCUT2D eigenvalue weighted by Crippen LogP contribution is -1.82. The Balaban J connectivity index is 2.88. The van der Waals surface area contributed by atoms with Crippen molar-refractivity contribution in [2.24, 2.45) is 0 Å². The summed E-state index contributed by atoms with van der Waals surface area (Å²) < 4.78 is 12.7. The van der Waals surface area contributed by atoms with Crippen LogP contribution in [-0.4, -0.2) is 4.98 Å². The van der Waals surface area contributed by atoms with E-state index in [0.717, 1.165) is 4.47 Å². The van der Waals surface area contributed by atoms with Gasteiger partial charge in [0.1, 0.15) is 6.67 Å². The Kier molecular flexibility index (Phi) is 2.16. The molecule has 1 nitrogen and oxygen atoms in total. The van der Waals surface area contributed by atoms with Gasteiger partial charge in [-0.1, -0.05) is 0 Å². The molecule has 1 heterocycles. The van der Waals surface area contributed by atoms with Crippen molar-refractivity contribution in [1.29, 1.82) is 0 Å². The number of hydrogen-bond acceptors (Lipinski definition) is 1. The van der Waals surface area contributed by atoms with Gasteiger partial charge < -0.3 is 0 Å². The van der Waals surface area contributed by atoms with Crippen LogP contribution in [0.2, 0.25) is 0 Å². The zero-order valence-corrected chi connectivity index (χ0v) is 6.23. The molecule has 0 fully saturated rings. The lowest BCUT2D eigenvalue weighted by Gasteiger charge is -1.90. The quantitative estimate of drug-likeness (QED) is 0.662. The van der Waals surface area contributed by atoms with Gasteiger partial charge in [0.15, 0.2) is 0 Å². The van der Waals surface area contributed by atoms with E-state index >= 15 is 0 Å². The lowest BCUT2D eigenvalue weighted by atomic mass is 10.4. The summed E-state index contributed by atoms with van der Waals surface area (Å²) in [7, 11) is 0. The Labute approximate surface area is 61.0 Å². The number of hydrogen-bond donors (Lipinski definition) is 0. The molecule has 0 aromatic carbocycles. The molecule has 1 aromatic heterocycles. The van der Waals surface area contributed by atoms with E-state index in [1.165, 1.54) is 0 Å². The van der Waals surface area contributed by atoms with E-state index in [2.05, 4.69) is 20.9 Å².